The molecule has 0 fully saturated rings. The van der Waals surface area contributed by atoms with E-state index in [1.165, 1.54) is 0 Å². The second-order valence-corrected chi connectivity index (χ2v) is 1.77. The zero-order valence-electron chi connectivity index (χ0n) is 7.05. The van der Waals surface area contributed by atoms with Gasteiger partial charge in [0.25, 0.3) is 5.91 Å². The fourth-order valence-electron chi connectivity index (χ4n) is 0.567. The van der Waals surface area contributed by atoms with Crippen molar-refractivity contribution in [3.8, 4) is 0 Å². The number of rotatable bonds is 1. The molecule has 1 aromatic rings. The van der Waals surface area contributed by atoms with Crippen LogP contribution < -0.4 is 5.73 Å². The molecular weight excluding hydrogens is 142 g/mol. The Morgan fingerprint density at radius 3 is 2.18 bits per heavy atom. The number of amides is 1. The van der Waals surface area contributed by atoms with Gasteiger partial charge in [-0.1, -0.05) is 13.8 Å². The third-order valence-corrected chi connectivity index (χ3v) is 0.983. The second-order valence-electron chi connectivity index (χ2n) is 1.77. The minimum atomic E-state index is -0.525. The van der Waals surface area contributed by atoms with Crippen molar-refractivity contribution in [1.82, 2.24) is 0 Å². The van der Waals surface area contributed by atoms with E-state index in [4.69, 9.17) is 10.2 Å². The van der Waals surface area contributed by atoms with Crippen molar-refractivity contribution in [3.63, 3.8) is 0 Å². The van der Waals surface area contributed by atoms with E-state index in [9.17, 15) is 4.79 Å². The zero-order chi connectivity index (χ0) is 8.85. The molecule has 1 heterocycles. The highest BCUT2D eigenvalue weighted by atomic mass is 16.3. The summed E-state index contributed by atoms with van der Waals surface area (Å²) in [5.74, 6) is 0.388. The molecule has 0 aromatic carbocycles. The summed E-state index contributed by atoms with van der Waals surface area (Å²) in [5.41, 5.74) is 4.89. The molecule has 0 radical (unpaired) electrons. The van der Waals surface area contributed by atoms with E-state index in [0.717, 1.165) is 0 Å². The first-order valence-corrected chi connectivity index (χ1v) is 3.56. The SMILES string of the molecule is CC.Cc1ccc(C(N)=O)o1. The molecule has 0 aliphatic carbocycles. The molecule has 0 saturated carbocycles. The summed E-state index contributed by atoms with van der Waals surface area (Å²) >= 11 is 0. The molecule has 3 nitrogen and oxygen atoms in total. The Labute approximate surface area is 66.2 Å². The Kier molecular flexibility index (Phi) is 4.03. The Bertz CT molecular complexity index is 228. The lowest BCUT2D eigenvalue weighted by molar-refractivity contribution is 0.0972. The van der Waals surface area contributed by atoms with Crippen LogP contribution in [0.2, 0.25) is 0 Å². The van der Waals surface area contributed by atoms with Gasteiger partial charge in [-0.25, -0.2) is 0 Å². The molecule has 0 spiro atoms. The van der Waals surface area contributed by atoms with Crippen LogP contribution in [0.1, 0.15) is 30.2 Å². The van der Waals surface area contributed by atoms with Crippen molar-refractivity contribution < 1.29 is 9.21 Å². The highest BCUT2D eigenvalue weighted by molar-refractivity contribution is 5.89. The number of primary amides is 1. The van der Waals surface area contributed by atoms with Crippen LogP contribution in [0, 0.1) is 6.92 Å². The lowest BCUT2D eigenvalue weighted by atomic mass is 10.4. The van der Waals surface area contributed by atoms with Gasteiger partial charge in [-0.2, -0.15) is 0 Å². The molecule has 0 aliphatic rings. The maximum atomic E-state index is 10.3. The molecule has 11 heavy (non-hydrogen) atoms. The van der Waals surface area contributed by atoms with Gasteiger partial charge in [0.2, 0.25) is 0 Å². The first kappa shape index (κ1) is 9.75. The van der Waals surface area contributed by atoms with Crippen LogP contribution in [-0.2, 0) is 0 Å². The molecular formula is C8H13NO2. The molecule has 0 saturated heterocycles. The third-order valence-electron chi connectivity index (χ3n) is 0.983. The number of nitrogens with two attached hydrogens (primary N) is 1. The quantitative estimate of drug-likeness (QED) is 0.671. The first-order valence-electron chi connectivity index (χ1n) is 3.56. The van der Waals surface area contributed by atoms with Gasteiger partial charge in [-0.05, 0) is 19.1 Å². The van der Waals surface area contributed by atoms with Crippen molar-refractivity contribution in [1.29, 1.82) is 0 Å². The van der Waals surface area contributed by atoms with Crippen LogP contribution in [0.15, 0.2) is 16.5 Å². The molecule has 0 unspecified atom stereocenters. The van der Waals surface area contributed by atoms with E-state index in [1.54, 1.807) is 19.1 Å². The minimum absolute atomic E-state index is 0.215. The predicted octanol–water partition coefficient (Wildman–Crippen LogP) is 1.71. The molecule has 62 valence electrons. The lowest BCUT2D eigenvalue weighted by Crippen LogP contribution is -2.09. The van der Waals surface area contributed by atoms with Gasteiger partial charge in [0.1, 0.15) is 5.76 Å². The van der Waals surface area contributed by atoms with Gasteiger partial charge < -0.3 is 10.2 Å². The van der Waals surface area contributed by atoms with Gasteiger partial charge in [-0.15, -0.1) is 0 Å². The van der Waals surface area contributed by atoms with Gasteiger partial charge in [0.05, 0.1) is 0 Å². The number of hydrogen-bond donors (Lipinski definition) is 1. The summed E-state index contributed by atoms with van der Waals surface area (Å²) < 4.78 is 4.87. The molecule has 2 N–H and O–H groups in total. The largest absolute Gasteiger partial charge is 0.456 e. The fraction of sp³-hybridized carbons (Fsp3) is 0.375. The van der Waals surface area contributed by atoms with Crippen molar-refractivity contribution in [3.05, 3.63) is 23.7 Å². The third kappa shape index (κ3) is 2.89. The molecule has 0 bridgehead atoms. The Balaban J connectivity index is 0.000000461. The number of furan rings is 1. The van der Waals surface area contributed by atoms with E-state index in [1.807, 2.05) is 13.8 Å². The van der Waals surface area contributed by atoms with Crippen LogP contribution in [0.4, 0.5) is 0 Å². The molecule has 1 aromatic heterocycles. The van der Waals surface area contributed by atoms with Crippen molar-refractivity contribution in [2.45, 2.75) is 20.8 Å². The highest BCUT2D eigenvalue weighted by Crippen LogP contribution is 2.03. The summed E-state index contributed by atoms with van der Waals surface area (Å²) in [7, 11) is 0. The predicted molar refractivity (Wildman–Crippen MR) is 43.3 cm³/mol. The van der Waals surface area contributed by atoms with Gasteiger partial charge in [0.15, 0.2) is 5.76 Å². The minimum Gasteiger partial charge on any atom is -0.456 e. The normalized spacial score (nSPS) is 8.27. The van der Waals surface area contributed by atoms with Gasteiger partial charge >= 0.3 is 0 Å². The molecule has 1 amide bonds. The molecule has 3 heteroatoms. The Morgan fingerprint density at radius 2 is 2.00 bits per heavy atom. The topological polar surface area (TPSA) is 56.2 Å². The number of carbonyl (C=O) groups excluding carboxylic acids is 1. The summed E-state index contributed by atoms with van der Waals surface area (Å²) in [6.45, 7) is 5.76. The summed E-state index contributed by atoms with van der Waals surface area (Å²) in [6.07, 6.45) is 0. The smallest absolute Gasteiger partial charge is 0.284 e. The van der Waals surface area contributed by atoms with Crippen LogP contribution in [0.25, 0.3) is 0 Å². The standard InChI is InChI=1S/C6H7NO2.C2H6/c1-4-2-3-5(9-4)6(7)8;1-2/h2-3H,1H3,(H2,7,8);1-2H3. The average molecular weight is 155 g/mol. The fourth-order valence-corrected chi connectivity index (χ4v) is 0.567. The van der Waals surface area contributed by atoms with Gasteiger partial charge in [0, 0.05) is 0 Å². The van der Waals surface area contributed by atoms with Gasteiger partial charge in [-0.3, -0.25) is 4.79 Å². The van der Waals surface area contributed by atoms with E-state index >= 15 is 0 Å². The van der Waals surface area contributed by atoms with Crippen molar-refractivity contribution >= 4 is 5.91 Å². The zero-order valence-corrected chi connectivity index (χ0v) is 7.05. The van der Waals surface area contributed by atoms with Crippen LogP contribution in [-0.4, -0.2) is 5.91 Å². The van der Waals surface area contributed by atoms with E-state index < -0.39 is 5.91 Å². The van der Waals surface area contributed by atoms with Crippen LogP contribution >= 0.6 is 0 Å². The van der Waals surface area contributed by atoms with Crippen LogP contribution in [0.5, 0.6) is 0 Å². The number of hydrogen-bond acceptors (Lipinski definition) is 2. The maximum Gasteiger partial charge on any atom is 0.284 e. The Morgan fingerprint density at radius 1 is 1.45 bits per heavy atom. The average Bonchev–Trinajstić information content (AvgIpc) is 2.40. The first-order chi connectivity index (χ1) is 5.20. The summed E-state index contributed by atoms with van der Waals surface area (Å²) in [4.78, 5) is 10.3. The monoisotopic (exact) mass is 155 g/mol. The molecule has 0 atom stereocenters. The lowest BCUT2D eigenvalue weighted by Gasteiger charge is -1.83. The van der Waals surface area contributed by atoms with Crippen molar-refractivity contribution in [2.75, 3.05) is 0 Å². The van der Waals surface area contributed by atoms with E-state index in [0.29, 0.717) is 5.76 Å². The number of aryl methyl sites for hydroxylation is 1. The molecule has 1 rings (SSSR count). The molecule has 0 aliphatic heterocycles. The van der Waals surface area contributed by atoms with Crippen LogP contribution in [0.3, 0.4) is 0 Å². The van der Waals surface area contributed by atoms with Crippen molar-refractivity contribution in [2.24, 2.45) is 5.73 Å². The summed E-state index contributed by atoms with van der Waals surface area (Å²) in [5, 5.41) is 0. The van der Waals surface area contributed by atoms with E-state index in [-0.39, 0.29) is 5.76 Å². The second kappa shape index (κ2) is 4.55. The van der Waals surface area contributed by atoms with E-state index in [2.05, 4.69) is 0 Å². The summed E-state index contributed by atoms with van der Waals surface area (Å²) in [6, 6.07) is 3.25. The Hall–Kier alpha value is -1.25. The maximum absolute atomic E-state index is 10.3. The number of carbonyl (C=O) groups is 1. The highest BCUT2D eigenvalue weighted by Gasteiger charge is 2.02.